The fourth-order valence-electron chi connectivity index (χ4n) is 4.37. The molecule has 0 unspecified atom stereocenters. The monoisotopic (exact) mass is 557 g/mol. The normalized spacial score (nSPS) is 11.3. The summed E-state index contributed by atoms with van der Waals surface area (Å²) in [7, 11) is 0. The molecule has 5 nitrogen and oxygen atoms in total. The largest absolute Gasteiger partial charge is 0.489 e. The van der Waals surface area contributed by atoms with Gasteiger partial charge in [0, 0.05) is 17.4 Å². The molecule has 1 heterocycles. The summed E-state index contributed by atoms with van der Waals surface area (Å²) >= 11 is 0. The first-order chi connectivity index (χ1) is 19.8. The highest BCUT2D eigenvalue weighted by molar-refractivity contribution is 5.99. The Morgan fingerprint density at radius 3 is 2.29 bits per heavy atom. The van der Waals surface area contributed by atoms with Crippen LogP contribution in [0.4, 0.5) is 13.2 Å². The minimum atomic E-state index is -4.57. The van der Waals surface area contributed by atoms with Crippen LogP contribution in [-0.4, -0.2) is 11.0 Å². The van der Waals surface area contributed by atoms with Crippen molar-refractivity contribution in [3.63, 3.8) is 0 Å². The smallest absolute Gasteiger partial charge is 0.418 e. The topological polar surface area (TPSA) is 57.7 Å². The third kappa shape index (κ3) is 6.66. The average Bonchev–Trinajstić information content (AvgIpc) is 2.96. The van der Waals surface area contributed by atoms with Crippen LogP contribution in [0.5, 0.6) is 23.0 Å². The first kappa shape index (κ1) is 27.7. The molecule has 0 aliphatic rings. The van der Waals surface area contributed by atoms with Crippen LogP contribution >= 0.6 is 0 Å². The number of aromatic nitrogens is 1. The molecule has 41 heavy (non-hydrogen) atoms. The van der Waals surface area contributed by atoms with Gasteiger partial charge < -0.3 is 14.2 Å². The van der Waals surface area contributed by atoms with Gasteiger partial charge in [0.05, 0.1) is 17.3 Å². The number of nitrogens with zero attached hydrogens (tertiary/aromatic N) is 1. The summed E-state index contributed by atoms with van der Waals surface area (Å²) in [6.45, 7) is 2.14. The molecule has 0 amide bonds. The molecule has 5 rings (SSSR count). The van der Waals surface area contributed by atoms with Gasteiger partial charge in [0.1, 0.15) is 23.9 Å². The van der Waals surface area contributed by atoms with Crippen molar-refractivity contribution in [2.75, 3.05) is 0 Å². The molecule has 0 aliphatic carbocycles. The van der Waals surface area contributed by atoms with Crippen LogP contribution in [0.15, 0.2) is 103 Å². The van der Waals surface area contributed by atoms with Gasteiger partial charge >= 0.3 is 12.1 Å². The lowest BCUT2D eigenvalue weighted by Crippen LogP contribution is -2.07. The Kier molecular flexibility index (Phi) is 8.19. The van der Waals surface area contributed by atoms with Crippen LogP contribution in [-0.2, 0) is 17.6 Å². The Morgan fingerprint density at radius 2 is 1.56 bits per heavy atom. The van der Waals surface area contributed by atoms with Crippen molar-refractivity contribution in [2.24, 2.45) is 0 Å². The third-order valence-electron chi connectivity index (χ3n) is 6.28. The van der Waals surface area contributed by atoms with Gasteiger partial charge in [0.2, 0.25) is 0 Å². The highest BCUT2D eigenvalue weighted by Crippen LogP contribution is 2.42. The number of carbonyl (C=O) groups excluding carboxylic acids is 1. The van der Waals surface area contributed by atoms with Gasteiger partial charge in [-0.25, -0.2) is 0 Å². The minimum Gasteiger partial charge on any atom is -0.489 e. The predicted octanol–water partition coefficient (Wildman–Crippen LogP) is 9.00. The molecule has 0 bridgehead atoms. The van der Waals surface area contributed by atoms with Crippen LogP contribution < -0.4 is 14.2 Å². The molecule has 0 spiro atoms. The maximum atomic E-state index is 13.8. The van der Waals surface area contributed by atoms with E-state index in [2.05, 4.69) is 4.98 Å². The molecule has 8 heteroatoms. The molecular formula is C33H26F3NO4. The van der Waals surface area contributed by atoms with Gasteiger partial charge in [-0.05, 0) is 60.0 Å². The van der Waals surface area contributed by atoms with E-state index >= 15 is 0 Å². The number of hydrogen-bond donors (Lipinski definition) is 0. The van der Waals surface area contributed by atoms with E-state index in [1.165, 1.54) is 12.3 Å². The summed E-state index contributed by atoms with van der Waals surface area (Å²) in [6, 6.07) is 27.1. The molecule has 5 aromatic rings. The Labute approximate surface area is 235 Å². The predicted molar refractivity (Wildman–Crippen MR) is 150 cm³/mol. The van der Waals surface area contributed by atoms with E-state index in [1.54, 1.807) is 78.9 Å². The molecule has 208 valence electrons. The quantitative estimate of drug-likeness (QED) is 0.134. The SMILES string of the molecule is CCCC(=O)Oc1ccc(COc2cccc(-c3c(Oc4ccccc4)cnc4c(C(F)(F)F)cccc34)c2)cc1. The van der Waals surface area contributed by atoms with Crippen LogP contribution in [0.1, 0.15) is 30.9 Å². The number of alkyl halides is 3. The Hall–Kier alpha value is -4.85. The number of para-hydroxylation sites is 2. The second-order valence-electron chi connectivity index (χ2n) is 9.30. The first-order valence-corrected chi connectivity index (χ1v) is 13.1. The number of rotatable bonds is 9. The first-order valence-electron chi connectivity index (χ1n) is 13.1. The van der Waals surface area contributed by atoms with Gasteiger partial charge in [-0.15, -0.1) is 0 Å². The van der Waals surface area contributed by atoms with Crippen molar-refractivity contribution in [1.82, 2.24) is 4.98 Å². The molecule has 0 fully saturated rings. The number of ether oxygens (including phenoxy) is 3. The number of halogens is 3. The summed E-state index contributed by atoms with van der Waals surface area (Å²) in [4.78, 5) is 15.9. The van der Waals surface area contributed by atoms with Crippen LogP contribution in [0.2, 0.25) is 0 Å². The second-order valence-corrected chi connectivity index (χ2v) is 9.30. The number of esters is 1. The van der Waals surface area contributed by atoms with Crippen LogP contribution in [0, 0.1) is 0 Å². The zero-order chi connectivity index (χ0) is 28.8. The zero-order valence-corrected chi connectivity index (χ0v) is 22.2. The lowest BCUT2D eigenvalue weighted by atomic mass is 9.98. The molecule has 0 atom stereocenters. The highest BCUT2D eigenvalue weighted by atomic mass is 19.4. The summed E-state index contributed by atoms with van der Waals surface area (Å²) in [5.74, 6) is 1.54. The number of fused-ring (bicyclic) bond motifs is 1. The molecule has 0 saturated heterocycles. The summed E-state index contributed by atoms with van der Waals surface area (Å²) < 4.78 is 58.9. The Balaban J connectivity index is 1.46. The van der Waals surface area contributed by atoms with E-state index in [4.69, 9.17) is 14.2 Å². The van der Waals surface area contributed by atoms with Crippen molar-refractivity contribution in [1.29, 1.82) is 0 Å². The van der Waals surface area contributed by atoms with Crippen LogP contribution in [0.25, 0.3) is 22.0 Å². The maximum absolute atomic E-state index is 13.8. The standard InChI is InChI=1S/C33H26F3NO4/c1-2-8-30(38)41-25-17-15-22(16-18-25)21-39-26-12-6-9-23(19-26)31-27-13-7-14-28(33(34,35)36)32(27)37-20-29(31)40-24-10-4-3-5-11-24/h3-7,9-20H,2,8,21H2,1H3. The van der Waals surface area contributed by atoms with E-state index in [1.807, 2.05) is 13.0 Å². The molecular weight excluding hydrogens is 531 g/mol. The lowest BCUT2D eigenvalue weighted by Gasteiger charge is -2.17. The van der Waals surface area contributed by atoms with E-state index < -0.39 is 11.7 Å². The fourth-order valence-corrected chi connectivity index (χ4v) is 4.37. The summed E-state index contributed by atoms with van der Waals surface area (Å²) in [6.07, 6.45) is -2.19. The second kappa shape index (κ2) is 12.1. The molecule has 0 aliphatic heterocycles. The molecule has 1 aromatic heterocycles. The van der Waals surface area contributed by atoms with E-state index in [0.29, 0.717) is 52.4 Å². The van der Waals surface area contributed by atoms with E-state index in [0.717, 1.165) is 11.6 Å². The molecule has 4 aromatic carbocycles. The minimum absolute atomic E-state index is 0.165. The van der Waals surface area contributed by atoms with E-state index in [9.17, 15) is 18.0 Å². The van der Waals surface area contributed by atoms with Crippen LogP contribution in [0.3, 0.4) is 0 Å². The Bertz CT molecular complexity index is 1650. The fraction of sp³-hybridized carbons (Fsp3) is 0.152. The van der Waals surface area contributed by atoms with Gasteiger partial charge in [-0.3, -0.25) is 9.78 Å². The van der Waals surface area contributed by atoms with E-state index in [-0.39, 0.29) is 18.1 Å². The van der Waals surface area contributed by atoms with Crippen molar-refractivity contribution in [3.05, 3.63) is 114 Å². The summed E-state index contributed by atoms with van der Waals surface area (Å²) in [5.41, 5.74) is 0.940. The van der Waals surface area contributed by atoms with Crippen molar-refractivity contribution < 1.29 is 32.2 Å². The van der Waals surface area contributed by atoms with Gasteiger partial charge in [0.25, 0.3) is 0 Å². The zero-order valence-electron chi connectivity index (χ0n) is 22.2. The summed E-state index contributed by atoms with van der Waals surface area (Å²) in [5, 5.41) is 0.304. The molecule has 0 saturated carbocycles. The number of pyridine rings is 1. The number of benzene rings is 4. The van der Waals surface area contributed by atoms with Crippen molar-refractivity contribution >= 4 is 16.9 Å². The number of hydrogen-bond acceptors (Lipinski definition) is 5. The van der Waals surface area contributed by atoms with Gasteiger partial charge in [-0.2, -0.15) is 13.2 Å². The van der Waals surface area contributed by atoms with Crippen molar-refractivity contribution in [2.45, 2.75) is 32.5 Å². The van der Waals surface area contributed by atoms with Gasteiger partial charge in [-0.1, -0.05) is 61.5 Å². The number of carbonyl (C=O) groups is 1. The molecule has 0 N–H and O–H groups in total. The molecule has 0 radical (unpaired) electrons. The van der Waals surface area contributed by atoms with Crippen molar-refractivity contribution in [3.8, 4) is 34.1 Å². The maximum Gasteiger partial charge on any atom is 0.418 e. The highest BCUT2D eigenvalue weighted by Gasteiger charge is 2.34. The lowest BCUT2D eigenvalue weighted by molar-refractivity contribution is -0.136. The average molecular weight is 558 g/mol. The third-order valence-corrected chi connectivity index (χ3v) is 6.28. The van der Waals surface area contributed by atoms with Gasteiger partial charge in [0.15, 0.2) is 5.75 Å². The Morgan fingerprint density at radius 1 is 0.829 bits per heavy atom.